The van der Waals surface area contributed by atoms with Gasteiger partial charge in [-0.05, 0) is 181 Å². The number of Topliss-reactive ketones (excluding diaryl/α,β-unsaturated/α-hetero) is 5. The van der Waals surface area contributed by atoms with Crippen molar-refractivity contribution in [2.45, 2.75) is 284 Å². The van der Waals surface area contributed by atoms with Gasteiger partial charge >= 0.3 is 30.3 Å². The number of aromatic nitrogens is 4. The highest BCUT2D eigenvalue weighted by atomic mass is 32.1. The standard InChI is InChI=1S/C38H53N5O8S2.C27H32N4O7S2.C10H22N2O2/c1-24-13-14-25(43(24)35(49)51-37(5,6)7)20-31(47)42-38(17-18-38)30(46)21-26(44)15-16-32-40-28(23-52-32)33-41-27(22-53-33)29(45)12-10-8-9-11-19-39-34(48)50-36(2,3)4;1-15-5-6-16(31(15)25(37)38-26(2,3)4)11-21(34)30-27(9-10-27)20(33)12-17(32)7-8-22-28-18(13-39-22)23-29-19(14-40-23)24(35)36;1-10(2,3)14-9(13)12-8-6-4-5-7-11/h20,22-24H,8-19,21H2,1-7H3,(H,39,48)(H,42,47);11,13-15H,5-10,12H2,1-4H3,(H,30,34)(H,35,36);4-8,11H2,1-3H3,(H,12,13)/b25-20-;16-11-;/t24-;15-;/m00./s1. The predicted molar refractivity (Wildman–Crippen MR) is 408 cm³/mol. The van der Waals surface area contributed by atoms with Crippen molar-refractivity contribution in [1.29, 1.82) is 0 Å². The predicted octanol–water partition coefficient (Wildman–Crippen LogP) is 13.4. The molecule has 0 bridgehead atoms. The number of hydrogen-bond acceptors (Lipinski definition) is 25. The number of nitrogens with zero attached hydrogens (tertiary/aromatic N) is 6. The zero-order valence-corrected chi connectivity index (χ0v) is 67.4. The number of carboxylic acid groups (broad SMARTS) is 1. The zero-order valence-electron chi connectivity index (χ0n) is 64.2. The number of nitrogens with one attached hydrogen (secondary N) is 4. The number of carboxylic acids is 1. The number of nitrogens with two attached hydrogens (primary N) is 1. The molecule has 0 spiro atoms. The van der Waals surface area contributed by atoms with Crippen molar-refractivity contribution in [1.82, 2.24) is 51.0 Å². The molecule has 588 valence electrons. The number of allylic oxidation sites excluding steroid dienone is 2. The van der Waals surface area contributed by atoms with E-state index in [2.05, 4.69) is 41.2 Å². The molecule has 8 rings (SSSR count). The molecule has 28 nitrogen and oxygen atoms in total. The van der Waals surface area contributed by atoms with Crippen LogP contribution in [0.1, 0.15) is 256 Å². The van der Waals surface area contributed by atoms with Crippen LogP contribution in [0, 0.1) is 0 Å². The summed E-state index contributed by atoms with van der Waals surface area (Å²) in [7, 11) is 0. The van der Waals surface area contributed by atoms with Crippen LogP contribution in [0.4, 0.5) is 19.2 Å². The summed E-state index contributed by atoms with van der Waals surface area (Å²) in [6, 6.07) is -0.225. The summed E-state index contributed by atoms with van der Waals surface area (Å²) in [6.45, 7) is 27.4. The molecule has 107 heavy (non-hydrogen) atoms. The Hall–Kier alpha value is -8.20. The molecular formula is C75H107N11O17S4. The van der Waals surface area contributed by atoms with E-state index < -0.39 is 69.5 Å². The van der Waals surface area contributed by atoms with Crippen molar-refractivity contribution in [3.63, 3.8) is 0 Å². The summed E-state index contributed by atoms with van der Waals surface area (Å²) >= 11 is 5.26. The second-order valence-corrected chi connectivity index (χ2v) is 34.7. The molecule has 4 fully saturated rings. The Kier molecular flexibility index (Phi) is 32.2. The number of alkyl carbamates (subject to hydrolysis) is 2. The van der Waals surface area contributed by atoms with Crippen LogP contribution in [0.15, 0.2) is 45.1 Å². The number of thiazole rings is 4. The number of unbranched alkanes of at least 4 members (excludes halogenated alkanes) is 5. The van der Waals surface area contributed by atoms with Gasteiger partial charge in [-0.1, -0.05) is 19.3 Å². The minimum atomic E-state index is -1.11. The van der Waals surface area contributed by atoms with Gasteiger partial charge in [0, 0.05) is 102 Å². The van der Waals surface area contributed by atoms with Gasteiger partial charge in [-0.25, -0.2) is 43.9 Å². The molecular weight excluding hydrogens is 1460 g/mol. The zero-order chi connectivity index (χ0) is 79.2. The third-order valence-electron chi connectivity index (χ3n) is 16.8. The molecule has 4 aliphatic rings. The summed E-state index contributed by atoms with van der Waals surface area (Å²) in [4.78, 5) is 170. The van der Waals surface area contributed by atoms with Crippen molar-refractivity contribution in [2.24, 2.45) is 5.73 Å². The summed E-state index contributed by atoms with van der Waals surface area (Å²) in [5.41, 5.74) is 3.60. The fourth-order valence-corrected chi connectivity index (χ4v) is 14.3. The van der Waals surface area contributed by atoms with E-state index in [0.717, 1.165) is 50.0 Å². The van der Waals surface area contributed by atoms with E-state index in [0.29, 0.717) is 134 Å². The lowest BCUT2D eigenvalue weighted by Gasteiger charge is -2.28. The molecule has 2 aliphatic carbocycles. The van der Waals surface area contributed by atoms with Gasteiger partial charge in [-0.3, -0.25) is 43.4 Å². The first-order chi connectivity index (χ1) is 50.1. The fraction of sp³-hybridized carbons (Fsp3) is 0.627. The molecule has 0 aromatic carbocycles. The van der Waals surface area contributed by atoms with Crippen molar-refractivity contribution in [2.75, 3.05) is 19.6 Å². The molecule has 2 saturated heterocycles. The highest BCUT2D eigenvalue weighted by Gasteiger charge is 2.52. The average Bonchev–Trinajstić information content (AvgIpc) is 1.63. The van der Waals surface area contributed by atoms with Gasteiger partial charge in [0.1, 0.15) is 61.1 Å². The number of likely N-dealkylation sites (tertiary alicyclic amines) is 2. The smallest absolute Gasteiger partial charge is 0.414 e. The third kappa shape index (κ3) is 30.1. The minimum absolute atomic E-state index is 0.0257. The number of ether oxygens (including phenoxy) is 4. The first kappa shape index (κ1) is 87.7. The molecule has 0 unspecified atom stereocenters. The van der Waals surface area contributed by atoms with E-state index >= 15 is 0 Å². The summed E-state index contributed by atoms with van der Waals surface area (Å²) in [6.07, 6.45) is 12.3. The molecule has 2 saturated carbocycles. The molecule has 2 aliphatic heterocycles. The van der Waals surface area contributed by atoms with Crippen LogP contribution < -0.4 is 27.0 Å². The van der Waals surface area contributed by atoms with Gasteiger partial charge in [0.15, 0.2) is 23.0 Å². The maximum Gasteiger partial charge on any atom is 0.414 e. The van der Waals surface area contributed by atoms with Crippen molar-refractivity contribution in [3.8, 4) is 21.4 Å². The maximum atomic E-state index is 13.1. The Labute approximate surface area is 642 Å². The molecule has 4 aromatic heterocycles. The number of aromatic carboxylic acids is 1. The van der Waals surface area contributed by atoms with Crippen LogP contribution in [0.3, 0.4) is 0 Å². The SMILES string of the molecule is CC(C)(C)OC(=O)NCCCCCN.C[C@H]1CC/C(=C/C(=O)NC2(C(=O)CC(=O)CCc3nc(-c4nc(C(=O)CCCCCCNC(=O)OC(C)(C)C)cs4)cs3)CC2)N1C(=O)OC(C)(C)C.C[C@H]1CC/C(=C/C(=O)NC2(C(=O)CC(=O)CCc3nc(-c4nc(C(=O)O)cs4)cs3)CC2)N1C(=O)OC(C)(C)C. The lowest BCUT2D eigenvalue weighted by Crippen LogP contribution is -2.44. The van der Waals surface area contributed by atoms with Crippen molar-refractivity contribution in [3.05, 3.63) is 66.5 Å². The highest BCUT2D eigenvalue weighted by Crippen LogP contribution is 2.40. The van der Waals surface area contributed by atoms with Crippen LogP contribution >= 0.6 is 45.3 Å². The molecule has 4 aromatic rings. The topological polar surface area (TPSA) is 394 Å². The lowest BCUT2D eigenvalue weighted by molar-refractivity contribution is -0.131. The van der Waals surface area contributed by atoms with E-state index in [1.807, 2.05) is 60.8 Å². The van der Waals surface area contributed by atoms with Gasteiger partial charge in [0.2, 0.25) is 11.8 Å². The van der Waals surface area contributed by atoms with Gasteiger partial charge < -0.3 is 51.1 Å². The lowest BCUT2D eigenvalue weighted by atomic mass is 10.0. The maximum absolute atomic E-state index is 13.1. The van der Waals surface area contributed by atoms with E-state index in [9.17, 15) is 57.5 Å². The first-order valence-electron chi connectivity index (χ1n) is 36.5. The number of aryl methyl sites for hydroxylation is 2. The number of ketones is 5. The monoisotopic (exact) mass is 1560 g/mol. The number of amides is 6. The van der Waals surface area contributed by atoms with Crippen LogP contribution in [-0.4, -0.2) is 171 Å². The molecule has 2 atom stereocenters. The van der Waals surface area contributed by atoms with Crippen LogP contribution in [-0.2, 0) is 60.6 Å². The van der Waals surface area contributed by atoms with Crippen molar-refractivity contribution >= 4 is 116 Å². The highest BCUT2D eigenvalue weighted by molar-refractivity contribution is 7.14. The summed E-state index contributed by atoms with van der Waals surface area (Å²) in [5, 5.41) is 29.4. The fourth-order valence-electron chi connectivity index (χ4n) is 11.1. The van der Waals surface area contributed by atoms with Crippen molar-refractivity contribution < 1.29 is 81.6 Å². The van der Waals surface area contributed by atoms with Gasteiger partial charge in [0.25, 0.3) is 0 Å². The summed E-state index contributed by atoms with van der Waals surface area (Å²) < 4.78 is 21.3. The Morgan fingerprint density at radius 3 is 1.27 bits per heavy atom. The number of rotatable bonds is 32. The Bertz CT molecular complexity index is 3870. The molecule has 0 radical (unpaired) electrons. The largest absolute Gasteiger partial charge is 0.476 e. The van der Waals surface area contributed by atoms with Gasteiger partial charge in [-0.2, -0.15) is 0 Å². The molecule has 6 amide bonds. The van der Waals surface area contributed by atoms with Gasteiger partial charge in [0.05, 0.1) is 33.9 Å². The Morgan fingerprint density at radius 2 is 0.897 bits per heavy atom. The Balaban J connectivity index is 0.000000291. The van der Waals surface area contributed by atoms with E-state index in [4.69, 9.17) is 29.8 Å². The Morgan fingerprint density at radius 1 is 0.514 bits per heavy atom. The van der Waals surface area contributed by atoms with E-state index in [1.165, 1.54) is 72.7 Å². The van der Waals surface area contributed by atoms with Crippen LogP contribution in [0.5, 0.6) is 0 Å². The summed E-state index contributed by atoms with van der Waals surface area (Å²) in [5.74, 6) is -3.18. The number of carbonyl (C=O) groups is 12. The molecule has 6 heterocycles. The second-order valence-electron chi connectivity index (χ2n) is 31.1. The number of carbonyl (C=O) groups excluding carboxylic acids is 11. The third-order valence-corrected chi connectivity index (χ3v) is 20.3. The average molecular weight is 1560 g/mol. The normalized spacial score (nSPS) is 17.1. The van der Waals surface area contributed by atoms with Gasteiger partial charge in [-0.15, -0.1) is 45.3 Å². The quantitative estimate of drug-likeness (QED) is 0.00869. The minimum Gasteiger partial charge on any atom is -0.476 e. The second kappa shape index (κ2) is 39.3. The first-order valence-corrected chi connectivity index (χ1v) is 40.0. The van der Waals surface area contributed by atoms with E-state index in [-0.39, 0.29) is 78.5 Å². The molecule has 7 N–H and O–H groups in total. The van der Waals surface area contributed by atoms with Crippen LogP contribution in [0.2, 0.25) is 0 Å². The molecule has 32 heteroatoms. The van der Waals surface area contributed by atoms with Crippen LogP contribution in [0.25, 0.3) is 21.4 Å². The van der Waals surface area contributed by atoms with E-state index in [1.54, 1.807) is 52.3 Å². The number of hydrogen-bond donors (Lipinski definition) is 6.